The van der Waals surface area contributed by atoms with Gasteiger partial charge in [-0.1, -0.05) is 19.1 Å². The number of amides is 1. The summed E-state index contributed by atoms with van der Waals surface area (Å²) in [5, 5.41) is 18.7. The molecule has 1 saturated carbocycles. The minimum Gasteiger partial charge on any atom is -0.309 e. The van der Waals surface area contributed by atoms with Gasteiger partial charge in [0.2, 0.25) is 5.91 Å². The maximum atomic E-state index is 14.6. The Kier molecular flexibility index (Phi) is 5.46. The molecule has 0 radical (unpaired) electrons. The Hall–Kier alpha value is -3.09. The van der Waals surface area contributed by atoms with Crippen LogP contribution in [0.2, 0.25) is 0 Å². The first kappa shape index (κ1) is 22.4. The van der Waals surface area contributed by atoms with Crippen molar-refractivity contribution in [1.82, 2.24) is 20.4 Å². The van der Waals surface area contributed by atoms with Crippen LogP contribution >= 0.6 is 0 Å². The van der Waals surface area contributed by atoms with Crippen LogP contribution in [0.5, 0.6) is 0 Å². The molecular weight excluding hydrogens is 441 g/mol. The van der Waals surface area contributed by atoms with E-state index in [2.05, 4.69) is 38.7 Å². The molecule has 1 fully saturated rings. The molecule has 7 heteroatoms. The van der Waals surface area contributed by atoms with Crippen LogP contribution in [0.15, 0.2) is 36.5 Å². The van der Waals surface area contributed by atoms with E-state index in [4.69, 9.17) is 0 Å². The van der Waals surface area contributed by atoms with Gasteiger partial charge in [0.1, 0.15) is 5.82 Å². The summed E-state index contributed by atoms with van der Waals surface area (Å²) in [6.07, 6.45) is 8.21. The van der Waals surface area contributed by atoms with E-state index in [9.17, 15) is 9.18 Å². The first-order valence-corrected chi connectivity index (χ1v) is 12.9. The van der Waals surface area contributed by atoms with Crippen molar-refractivity contribution < 1.29 is 9.18 Å². The number of halogens is 1. The highest BCUT2D eigenvalue weighted by molar-refractivity contribution is 5.89. The van der Waals surface area contributed by atoms with Crippen LogP contribution in [-0.4, -0.2) is 26.3 Å². The van der Waals surface area contributed by atoms with E-state index in [1.807, 2.05) is 25.3 Å². The van der Waals surface area contributed by atoms with Crippen molar-refractivity contribution in [3.63, 3.8) is 0 Å². The number of H-pyrrole nitrogens is 1. The number of hydrogen-bond acceptors (Lipinski definition) is 4. The minimum atomic E-state index is -0.0454. The fourth-order valence-corrected chi connectivity index (χ4v) is 7.57. The van der Waals surface area contributed by atoms with Crippen LogP contribution in [0.3, 0.4) is 0 Å². The summed E-state index contributed by atoms with van der Waals surface area (Å²) < 4.78 is 14.6. The molecule has 3 aromatic rings. The molecule has 182 valence electrons. The number of aryl methyl sites for hydroxylation is 1. The topological polar surface area (TPSA) is 83.6 Å². The summed E-state index contributed by atoms with van der Waals surface area (Å²) in [6.45, 7) is 4.27. The fourth-order valence-electron chi connectivity index (χ4n) is 7.57. The van der Waals surface area contributed by atoms with Gasteiger partial charge >= 0.3 is 0 Å². The van der Waals surface area contributed by atoms with Crippen molar-refractivity contribution in [2.45, 2.75) is 76.0 Å². The van der Waals surface area contributed by atoms with Crippen molar-refractivity contribution in [3.05, 3.63) is 70.4 Å². The van der Waals surface area contributed by atoms with Gasteiger partial charge in [0.15, 0.2) is 5.82 Å². The van der Waals surface area contributed by atoms with E-state index in [0.29, 0.717) is 35.9 Å². The Morgan fingerprint density at radius 3 is 2.91 bits per heavy atom. The quantitative estimate of drug-likeness (QED) is 0.508. The zero-order chi connectivity index (χ0) is 24.2. The van der Waals surface area contributed by atoms with Gasteiger partial charge in [0.05, 0.1) is 11.9 Å². The van der Waals surface area contributed by atoms with E-state index in [-0.39, 0.29) is 17.1 Å². The van der Waals surface area contributed by atoms with Gasteiger partial charge in [-0.2, -0.15) is 10.2 Å². The molecule has 2 N–H and O–H groups in total. The van der Waals surface area contributed by atoms with Gasteiger partial charge in [-0.25, -0.2) is 4.39 Å². The third kappa shape index (κ3) is 3.67. The highest BCUT2D eigenvalue weighted by atomic mass is 19.1. The maximum Gasteiger partial charge on any atom is 0.225 e. The molecule has 0 bridgehead atoms. The van der Waals surface area contributed by atoms with E-state index >= 15 is 0 Å². The number of anilines is 1. The van der Waals surface area contributed by atoms with Gasteiger partial charge in [0, 0.05) is 17.5 Å². The van der Waals surface area contributed by atoms with Crippen molar-refractivity contribution in [3.8, 4) is 0 Å². The summed E-state index contributed by atoms with van der Waals surface area (Å²) in [5.74, 6) is 2.20. The molecule has 0 saturated heterocycles. The Labute approximate surface area is 205 Å². The summed E-state index contributed by atoms with van der Waals surface area (Å²) in [6, 6.07) is 9.26. The minimum absolute atomic E-state index is 0.0279. The molecule has 3 unspecified atom stereocenters. The molecule has 35 heavy (non-hydrogen) atoms. The van der Waals surface area contributed by atoms with E-state index in [1.165, 1.54) is 16.8 Å². The summed E-state index contributed by atoms with van der Waals surface area (Å²) in [7, 11) is 0. The average Bonchev–Trinajstić information content (AvgIpc) is 3.42. The Morgan fingerprint density at radius 2 is 2.09 bits per heavy atom. The number of fused-ring (bicyclic) bond motifs is 7. The monoisotopic (exact) mass is 473 g/mol. The molecular formula is C28H32FN5O. The number of nitrogens with one attached hydrogen (secondary N) is 2. The molecule has 1 amide bonds. The summed E-state index contributed by atoms with van der Waals surface area (Å²) in [5.41, 5.74) is 5.66. The van der Waals surface area contributed by atoms with Crippen molar-refractivity contribution in [1.29, 1.82) is 0 Å². The largest absolute Gasteiger partial charge is 0.309 e. The second-order valence-corrected chi connectivity index (χ2v) is 10.9. The van der Waals surface area contributed by atoms with Gasteiger partial charge in [-0.15, -0.1) is 5.10 Å². The van der Waals surface area contributed by atoms with Crippen LogP contribution in [0.4, 0.5) is 10.2 Å². The zero-order valence-corrected chi connectivity index (χ0v) is 20.4. The second kappa shape index (κ2) is 8.54. The predicted octanol–water partition coefficient (Wildman–Crippen LogP) is 5.57. The number of nitrogens with zero attached hydrogens (tertiary/aromatic N) is 3. The lowest BCUT2D eigenvalue weighted by Crippen LogP contribution is -2.44. The summed E-state index contributed by atoms with van der Waals surface area (Å²) >= 11 is 0. The van der Waals surface area contributed by atoms with Crippen molar-refractivity contribution in [2.75, 3.05) is 5.32 Å². The van der Waals surface area contributed by atoms with Crippen LogP contribution in [-0.2, 0) is 16.6 Å². The third-order valence-corrected chi connectivity index (χ3v) is 9.03. The first-order chi connectivity index (χ1) is 17.0. The number of carbonyl (C=O) groups is 1. The highest BCUT2D eigenvalue weighted by Gasteiger charge is 2.57. The fraction of sp³-hybridized carbons (Fsp3) is 0.500. The number of benzene rings is 1. The smallest absolute Gasteiger partial charge is 0.225 e. The van der Waals surface area contributed by atoms with Gasteiger partial charge < -0.3 is 5.32 Å². The maximum absolute atomic E-state index is 14.6. The lowest BCUT2D eigenvalue weighted by molar-refractivity contribution is -0.116. The molecule has 6 nitrogen and oxygen atoms in total. The molecule has 0 spiro atoms. The summed E-state index contributed by atoms with van der Waals surface area (Å²) in [4.78, 5) is 12.6. The number of rotatable bonds is 5. The number of hydrogen-bond donors (Lipinski definition) is 2. The standard InChI is InChI=1S/C28H32FN5O/c1-16-9-12-24(33-32-16)31-25(35)8-4-6-20-22-15-30-34-27(22)28(2)14-13-18-17-5-3-7-23(29)19(17)10-11-21(18)26(20)28/h3,5,7,9,12,15,18,20-21,26H,4,6,8,10-11,13-14H2,1-2H3,(H,30,34)(H,31,33,35)/t18?,20-,21?,26?,28+/m1/s1. The Morgan fingerprint density at radius 1 is 1.20 bits per heavy atom. The van der Waals surface area contributed by atoms with Crippen LogP contribution in [0, 0.1) is 24.6 Å². The van der Waals surface area contributed by atoms with Gasteiger partial charge in [0.25, 0.3) is 0 Å². The van der Waals surface area contributed by atoms with Crippen LogP contribution in [0.1, 0.15) is 85.4 Å². The highest BCUT2D eigenvalue weighted by Crippen LogP contribution is 2.64. The lowest BCUT2D eigenvalue weighted by atomic mass is 9.53. The Balaban J connectivity index is 1.21. The van der Waals surface area contributed by atoms with Crippen LogP contribution in [0.25, 0.3) is 0 Å². The third-order valence-electron chi connectivity index (χ3n) is 9.03. The zero-order valence-electron chi connectivity index (χ0n) is 20.4. The van der Waals surface area contributed by atoms with Gasteiger partial charge in [-0.3, -0.25) is 9.89 Å². The first-order valence-electron chi connectivity index (χ1n) is 12.9. The van der Waals surface area contributed by atoms with Crippen molar-refractivity contribution >= 4 is 11.7 Å². The number of carbonyl (C=O) groups excluding carboxylic acids is 1. The second-order valence-electron chi connectivity index (χ2n) is 10.9. The molecule has 3 aliphatic rings. The average molecular weight is 474 g/mol. The van der Waals surface area contributed by atoms with Crippen molar-refractivity contribution in [2.24, 2.45) is 11.8 Å². The van der Waals surface area contributed by atoms with Gasteiger partial charge in [-0.05, 0) is 104 Å². The number of aromatic amines is 1. The molecule has 2 aromatic heterocycles. The number of aromatic nitrogens is 4. The van der Waals surface area contributed by atoms with E-state index in [1.54, 1.807) is 12.1 Å². The molecule has 6 rings (SSSR count). The molecule has 3 aliphatic carbocycles. The van der Waals surface area contributed by atoms with Crippen LogP contribution < -0.4 is 5.32 Å². The predicted molar refractivity (Wildman–Crippen MR) is 132 cm³/mol. The van der Waals surface area contributed by atoms with E-state index < -0.39 is 0 Å². The molecule has 1 aromatic carbocycles. The molecule has 0 aliphatic heterocycles. The SMILES string of the molecule is Cc1ccc(NC(=O)CCC[C@@H]2c3cn[nH]c3[C@@]3(C)CCC4c5cccc(F)c5CCC4C23)nn1. The molecule has 5 atom stereocenters. The molecule has 2 heterocycles. The lowest BCUT2D eigenvalue weighted by Gasteiger charge is -2.50. The normalized spacial score (nSPS) is 28.5. The Bertz CT molecular complexity index is 1250. The van der Waals surface area contributed by atoms with E-state index in [0.717, 1.165) is 49.8 Å².